The number of rotatable bonds is 3. The predicted molar refractivity (Wildman–Crippen MR) is 56.2 cm³/mol. The summed E-state index contributed by atoms with van der Waals surface area (Å²) in [4.78, 5) is 16.3. The molecule has 74 valence electrons. The Balaban J connectivity index is 0.000000671. The molecule has 0 amide bonds. The molecule has 0 unspecified atom stereocenters. The maximum absolute atomic E-state index is 10.2. The van der Waals surface area contributed by atoms with Crippen LogP contribution < -0.4 is 0 Å². The molecule has 0 bridgehead atoms. The summed E-state index contributed by atoms with van der Waals surface area (Å²) in [5, 5.41) is 2.75. The van der Waals surface area contributed by atoms with Gasteiger partial charge in [0.2, 0.25) is 0 Å². The molecule has 0 aliphatic carbocycles. The van der Waals surface area contributed by atoms with Gasteiger partial charge in [-0.1, -0.05) is 13.8 Å². The first-order valence-electron chi connectivity index (χ1n) is 4.26. The maximum atomic E-state index is 10.2. The van der Waals surface area contributed by atoms with Gasteiger partial charge in [-0.05, 0) is 14.1 Å². The highest BCUT2D eigenvalue weighted by atomic mass is 32.1. The van der Waals surface area contributed by atoms with Gasteiger partial charge in [-0.3, -0.25) is 4.79 Å². The van der Waals surface area contributed by atoms with Gasteiger partial charge in [0.25, 0.3) is 0 Å². The lowest BCUT2D eigenvalue weighted by Gasteiger charge is -2.04. The van der Waals surface area contributed by atoms with Crippen molar-refractivity contribution in [1.82, 2.24) is 9.88 Å². The Hall–Kier alpha value is -0.740. The van der Waals surface area contributed by atoms with Crippen LogP contribution in [0.25, 0.3) is 0 Å². The van der Waals surface area contributed by atoms with Crippen LogP contribution in [0.3, 0.4) is 0 Å². The molecular formula is C9H16N2OS. The monoisotopic (exact) mass is 200 g/mol. The van der Waals surface area contributed by atoms with E-state index in [0.717, 1.165) is 17.8 Å². The Morgan fingerprint density at radius 1 is 1.54 bits per heavy atom. The molecule has 0 atom stereocenters. The molecule has 4 heteroatoms. The fraction of sp³-hybridized carbons (Fsp3) is 0.556. The molecule has 1 aromatic heterocycles. The highest BCUT2D eigenvalue weighted by molar-refractivity contribution is 7.09. The lowest BCUT2D eigenvalue weighted by atomic mass is 10.5. The average molecular weight is 200 g/mol. The van der Waals surface area contributed by atoms with Crippen LogP contribution in [0.15, 0.2) is 5.38 Å². The van der Waals surface area contributed by atoms with E-state index in [1.54, 1.807) is 5.38 Å². The van der Waals surface area contributed by atoms with Gasteiger partial charge < -0.3 is 4.90 Å². The summed E-state index contributed by atoms with van der Waals surface area (Å²) < 4.78 is 0. The summed E-state index contributed by atoms with van der Waals surface area (Å²) in [6.07, 6.45) is 0.773. The van der Waals surface area contributed by atoms with E-state index < -0.39 is 0 Å². The summed E-state index contributed by atoms with van der Waals surface area (Å²) >= 11 is 1.52. The molecule has 1 rings (SSSR count). The van der Waals surface area contributed by atoms with E-state index in [-0.39, 0.29) is 0 Å². The van der Waals surface area contributed by atoms with Crippen molar-refractivity contribution < 1.29 is 4.79 Å². The molecule has 0 saturated carbocycles. The summed E-state index contributed by atoms with van der Waals surface area (Å²) in [5.74, 6) is 0. The van der Waals surface area contributed by atoms with Crippen molar-refractivity contribution in [2.75, 3.05) is 14.1 Å². The summed E-state index contributed by atoms with van der Waals surface area (Å²) in [6, 6.07) is 0. The van der Waals surface area contributed by atoms with Crippen molar-refractivity contribution in [3.63, 3.8) is 0 Å². The summed E-state index contributed by atoms with van der Waals surface area (Å²) in [5.41, 5.74) is 0.534. The Labute approximate surface area is 83.4 Å². The van der Waals surface area contributed by atoms with Crippen LogP contribution in [0.4, 0.5) is 0 Å². The van der Waals surface area contributed by atoms with Crippen molar-refractivity contribution in [2.24, 2.45) is 0 Å². The average Bonchev–Trinajstić information content (AvgIpc) is 2.55. The maximum Gasteiger partial charge on any atom is 0.169 e. The fourth-order valence-electron chi connectivity index (χ4n) is 0.722. The van der Waals surface area contributed by atoms with E-state index in [1.165, 1.54) is 11.3 Å². The second-order valence-electron chi connectivity index (χ2n) is 2.52. The van der Waals surface area contributed by atoms with E-state index in [9.17, 15) is 4.79 Å². The molecule has 3 nitrogen and oxygen atoms in total. The largest absolute Gasteiger partial charge is 0.303 e. The zero-order chi connectivity index (χ0) is 10.3. The molecule has 1 aromatic rings. The number of carbonyl (C=O) groups excluding carboxylic acids is 1. The first-order valence-corrected chi connectivity index (χ1v) is 5.14. The number of hydrogen-bond donors (Lipinski definition) is 0. The van der Waals surface area contributed by atoms with Crippen molar-refractivity contribution in [2.45, 2.75) is 20.4 Å². The first kappa shape index (κ1) is 12.3. The summed E-state index contributed by atoms with van der Waals surface area (Å²) in [7, 11) is 3.95. The number of carbonyl (C=O) groups is 1. The van der Waals surface area contributed by atoms with Gasteiger partial charge in [0.15, 0.2) is 6.29 Å². The van der Waals surface area contributed by atoms with Gasteiger partial charge in [0, 0.05) is 11.9 Å². The predicted octanol–water partition coefficient (Wildman–Crippen LogP) is 2.04. The van der Waals surface area contributed by atoms with Crippen LogP contribution in [0.5, 0.6) is 0 Å². The van der Waals surface area contributed by atoms with Gasteiger partial charge >= 0.3 is 0 Å². The van der Waals surface area contributed by atoms with Gasteiger partial charge in [-0.25, -0.2) is 4.98 Å². The SMILES string of the molecule is CC.CN(C)Cc1nc(C=O)cs1. The van der Waals surface area contributed by atoms with E-state index >= 15 is 0 Å². The highest BCUT2D eigenvalue weighted by Crippen LogP contribution is 2.08. The molecular weight excluding hydrogens is 184 g/mol. The second kappa shape index (κ2) is 6.74. The molecule has 0 aromatic carbocycles. The smallest absolute Gasteiger partial charge is 0.169 e. The minimum atomic E-state index is 0.534. The van der Waals surface area contributed by atoms with Crippen molar-refractivity contribution in [3.05, 3.63) is 16.1 Å². The molecule has 0 saturated heterocycles. The quantitative estimate of drug-likeness (QED) is 0.700. The third kappa shape index (κ3) is 4.75. The molecule has 0 spiro atoms. The van der Waals surface area contributed by atoms with Gasteiger partial charge in [0.05, 0.1) is 0 Å². The highest BCUT2D eigenvalue weighted by Gasteiger charge is 2.00. The minimum absolute atomic E-state index is 0.534. The van der Waals surface area contributed by atoms with Crippen molar-refractivity contribution >= 4 is 17.6 Å². The van der Waals surface area contributed by atoms with Gasteiger partial charge in [0.1, 0.15) is 10.7 Å². The fourth-order valence-corrected chi connectivity index (χ4v) is 1.58. The van der Waals surface area contributed by atoms with Crippen LogP contribution in [0.2, 0.25) is 0 Å². The second-order valence-corrected chi connectivity index (χ2v) is 3.46. The molecule has 0 aliphatic rings. The number of nitrogens with zero attached hydrogens (tertiary/aromatic N) is 2. The zero-order valence-electron chi connectivity index (χ0n) is 8.57. The van der Waals surface area contributed by atoms with Crippen LogP contribution >= 0.6 is 11.3 Å². The zero-order valence-corrected chi connectivity index (χ0v) is 9.39. The normalized spacial score (nSPS) is 9.31. The standard InChI is InChI=1S/C7H10N2OS.C2H6/c1-9(2)3-7-8-6(4-10)5-11-7;1-2/h4-5H,3H2,1-2H3;1-2H3. The van der Waals surface area contributed by atoms with Crippen molar-refractivity contribution in [3.8, 4) is 0 Å². The Morgan fingerprint density at radius 3 is 2.54 bits per heavy atom. The van der Waals surface area contributed by atoms with E-state index in [4.69, 9.17) is 0 Å². The van der Waals surface area contributed by atoms with E-state index in [1.807, 2.05) is 32.8 Å². The van der Waals surface area contributed by atoms with E-state index in [0.29, 0.717) is 5.69 Å². The molecule has 0 radical (unpaired) electrons. The number of hydrogen-bond acceptors (Lipinski definition) is 4. The van der Waals surface area contributed by atoms with Crippen LogP contribution in [0.1, 0.15) is 29.3 Å². The number of aromatic nitrogens is 1. The number of aldehydes is 1. The third-order valence-electron chi connectivity index (χ3n) is 1.14. The van der Waals surface area contributed by atoms with Gasteiger partial charge in [-0.15, -0.1) is 11.3 Å². The summed E-state index contributed by atoms with van der Waals surface area (Å²) in [6.45, 7) is 4.80. The Morgan fingerprint density at radius 2 is 2.15 bits per heavy atom. The topological polar surface area (TPSA) is 33.2 Å². The van der Waals surface area contributed by atoms with Crippen LogP contribution in [0, 0.1) is 0 Å². The van der Waals surface area contributed by atoms with Crippen molar-refractivity contribution in [1.29, 1.82) is 0 Å². The van der Waals surface area contributed by atoms with Crippen LogP contribution in [-0.4, -0.2) is 30.3 Å². The first-order chi connectivity index (χ1) is 6.22. The van der Waals surface area contributed by atoms with Crippen LogP contribution in [-0.2, 0) is 6.54 Å². The Kier molecular flexibility index (Phi) is 6.36. The number of thiazole rings is 1. The van der Waals surface area contributed by atoms with Gasteiger partial charge in [-0.2, -0.15) is 0 Å². The minimum Gasteiger partial charge on any atom is -0.303 e. The molecule has 1 heterocycles. The van der Waals surface area contributed by atoms with E-state index in [2.05, 4.69) is 4.98 Å². The lowest BCUT2D eigenvalue weighted by molar-refractivity contribution is 0.111. The molecule has 0 N–H and O–H groups in total. The molecule has 0 aliphatic heterocycles. The molecule has 13 heavy (non-hydrogen) atoms. The Bertz CT molecular complexity index is 246. The third-order valence-corrected chi connectivity index (χ3v) is 1.99. The lowest BCUT2D eigenvalue weighted by Crippen LogP contribution is -2.10. The molecule has 0 fully saturated rings.